The standard InChI is InChI=1S/C24H27N3O3/c1-17-8-9-18(2)20(16-17)25-22-21(19-6-4-3-5-7-19)23(28)27(24(22)29)11-10-26-12-14-30-15-13-26/h3-9,16,25H,10-15H2,1-2H3. The highest BCUT2D eigenvalue weighted by molar-refractivity contribution is 6.36. The van der Waals surface area contributed by atoms with Gasteiger partial charge in [0, 0.05) is 31.9 Å². The van der Waals surface area contributed by atoms with Crippen molar-refractivity contribution in [2.45, 2.75) is 13.8 Å². The average molecular weight is 405 g/mol. The summed E-state index contributed by atoms with van der Waals surface area (Å²) in [5.41, 5.74) is 4.48. The molecule has 30 heavy (non-hydrogen) atoms. The van der Waals surface area contributed by atoms with Crippen molar-refractivity contribution in [3.8, 4) is 0 Å². The molecule has 6 nitrogen and oxygen atoms in total. The highest BCUT2D eigenvalue weighted by Crippen LogP contribution is 2.31. The number of aryl methyl sites for hydroxylation is 2. The van der Waals surface area contributed by atoms with Gasteiger partial charge in [-0.3, -0.25) is 19.4 Å². The Balaban J connectivity index is 1.63. The van der Waals surface area contributed by atoms with Crippen molar-refractivity contribution < 1.29 is 14.3 Å². The van der Waals surface area contributed by atoms with Gasteiger partial charge in [0.15, 0.2) is 0 Å². The number of ether oxygens (including phenoxy) is 1. The molecule has 0 aliphatic carbocycles. The molecule has 0 atom stereocenters. The number of imide groups is 1. The summed E-state index contributed by atoms with van der Waals surface area (Å²) < 4.78 is 5.39. The third kappa shape index (κ3) is 4.15. The molecule has 0 aromatic heterocycles. The molecule has 1 fully saturated rings. The second kappa shape index (κ2) is 8.81. The Kier molecular flexibility index (Phi) is 5.97. The summed E-state index contributed by atoms with van der Waals surface area (Å²) in [4.78, 5) is 30.2. The number of morpholine rings is 1. The molecular weight excluding hydrogens is 378 g/mol. The molecular formula is C24H27N3O3. The minimum atomic E-state index is -0.270. The Bertz CT molecular complexity index is 978. The van der Waals surface area contributed by atoms with Gasteiger partial charge in [-0.2, -0.15) is 0 Å². The Hall–Kier alpha value is -2.96. The van der Waals surface area contributed by atoms with Crippen molar-refractivity contribution >= 4 is 23.1 Å². The van der Waals surface area contributed by atoms with Gasteiger partial charge in [0.25, 0.3) is 11.8 Å². The molecule has 2 amide bonds. The van der Waals surface area contributed by atoms with Crippen LogP contribution in [0.15, 0.2) is 54.2 Å². The van der Waals surface area contributed by atoms with E-state index in [2.05, 4.69) is 10.2 Å². The van der Waals surface area contributed by atoms with Gasteiger partial charge in [-0.1, -0.05) is 42.5 Å². The topological polar surface area (TPSA) is 61.9 Å². The van der Waals surface area contributed by atoms with Crippen LogP contribution in [0.3, 0.4) is 0 Å². The zero-order valence-electron chi connectivity index (χ0n) is 17.5. The lowest BCUT2D eigenvalue weighted by Crippen LogP contribution is -2.43. The number of hydrogen-bond acceptors (Lipinski definition) is 5. The lowest BCUT2D eigenvalue weighted by Gasteiger charge is -2.28. The number of nitrogens with zero attached hydrogens (tertiary/aromatic N) is 2. The molecule has 156 valence electrons. The first-order chi connectivity index (χ1) is 14.5. The van der Waals surface area contributed by atoms with Crippen LogP contribution in [-0.2, 0) is 14.3 Å². The van der Waals surface area contributed by atoms with E-state index >= 15 is 0 Å². The van der Waals surface area contributed by atoms with Crippen LogP contribution < -0.4 is 5.32 Å². The summed E-state index contributed by atoms with van der Waals surface area (Å²) in [5, 5.41) is 3.28. The molecule has 2 aliphatic heterocycles. The quantitative estimate of drug-likeness (QED) is 0.749. The number of benzene rings is 2. The van der Waals surface area contributed by atoms with Crippen molar-refractivity contribution in [1.82, 2.24) is 9.80 Å². The molecule has 2 aromatic carbocycles. The van der Waals surface area contributed by atoms with Gasteiger partial charge in [0.1, 0.15) is 5.70 Å². The Labute approximate surface area is 177 Å². The van der Waals surface area contributed by atoms with E-state index in [1.54, 1.807) is 0 Å². The first-order valence-electron chi connectivity index (χ1n) is 10.3. The Morgan fingerprint density at radius 3 is 2.40 bits per heavy atom. The van der Waals surface area contributed by atoms with E-state index in [1.165, 1.54) is 4.90 Å². The van der Waals surface area contributed by atoms with Crippen LogP contribution in [-0.4, -0.2) is 61.0 Å². The highest BCUT2D eigenvalue weighted by atomic mass is 16.5. The fraction of sp³-hybridized carbons (Fsp3) is 0.333. The van der Waals surface area contributed by atoms with Crippen LogP contribution >= 0.6 is 0 Å². The highest BCUT2D eigenvalue weighted by Gasteiger charge is 2.39. The third-order valence-electron chi connectivity index (χ3n) is 5.63. The molecule has 2 aromatic rings. The first kappa shape index (κ1) is 20.3. The van der Waals surface area contributed by atoms with Gasteiger partial charge < -0.3 is 10.1 Å². The van der Waals surface area contributed by atoms with Crippen LogP contribution in [0.4, 0.5) is 5.69 Å². The van der Waals surface area contributed by atoms with Crippen molar-refractivity contribution in [3.05, 3.63) is 70.9 Å². The normalized spacial score (nSPS) is 17.7. The van der Waals surface area contributed by atoms with E-state index in [9.17, 15) is 9.59 Å². The van der Waals surface area contributed by atoms with E-state index in [0.29, 0.717) is 37.6 Å². The average Bonchev–Trinajstić information content (AvgIpc) is 3.00. The van der Waals surface area contributed by atoms with E-state index in [1.807, 2.05) is 62.4 Å². The number of rotatable bonds is 6. The fourth-order valence-electron chi connectivity index (χ4n) is 3.84. The van der Waals surface area contributed by atoms with Crippen LogP contribution in [0.25, 0.3) is 5.57 Å². The molecule has 0 spiro atoms. The zero-order valence-corrected chi connectivity index (χ0v) is 17.5. The van der Waals surface area contributed by atoms with Crippen molar-refractivity contribution in [3.63, 3.8) is 0 Å². The number of carbonyl (C=O) groups excluding carboxylic acids is 2. The number of hydrogen-bond donors (Lipinski definition) is 1. The summed E-state index contributed by atoms with van der Waals surface area (Å²) in [6.07, 6.45) is 0. The minimum Gasteiger partial charge on any atom is -0.379 e. The summed E-state index contributed by atoms with van der Waals surface area (Å²) in [6, 6.07) is 15.4. The maximum atomic E-state index is 13.3. The number of nitrogens with one attached hydrogen (secondary N) is 1. The number of carbonyl (C=O) groups is 2. The van der Waals surface area contributed by atoms with Gasteiger partial charge in [-0.25, -0.2) is 0 Å². The van der Waals surface area contributed by atoms with E-state index in [-0.39, 0.29) is 11.8 Å². The third-order valence-corrected chi connectivity index (χ3v) is 5.63. The molecule has 6 heteroatoms. The molecule has 2 aliphatic rings. The Morgan fingerprint density at radius 2 is 1.67 bits per heavy atom. The number of amides is 2. The lowest BCUT2D eigenvalue weighted by molar-refractivity contribution is -0.137. The molecule has 1 saturated heterocycles. The molecule has 2 heterocycles. The summed E-state index contributed by atoms with van der Waals surface area (Å²) in [6.45, 7) is 8.04. The van der Waals surface area contributed by atoms with E-state index < -0.39 is 0 Å². The second-order valence-corrected chi connectivity index (χ2v) is 7.78. The largest absolute Gasteiger partial charge is 0.379 e. The molecule has 0 bridgehead atoms. The maximum Gasteiger partial charge on any atom is 0.278 e. The van der Waals surface area contributed by atoms with Gasteiger partial charge in [-0.15, -0.1) is 0 Å². The van der Waals surface area contributed by atoms with Gasteiger partial charge in [0.05, 0.1) is 18.8 Å². The van der Waals surface area contributed by atoms with Gasteiger partial charge in [-0.05, 0) is 36.6 Å². The lowest BCUT2D eigenvalue weighted by atomic mass is 10.0. The van der Waals surface area contributed by atoms with Crippen molar-refractivity contribution in [2.75, 3.05) is 44.7 Å². The summed E-state index contributed by atoms with van der Waals surface area (Å²) in [7, 11) is 0. The molecule has 0 saturated carbocycles. The fourth-order valence-corrected chi connectivity index (χ4v) is 3.84. The van der Waals surface area contributed by atoms with Gasteiger partial charge >= 0.3 is 0 Å². The first-order valence-corrected chi connectivity index (χ1v) is 10.3. The molecule has 1 N–H and O–H groups in total. The van der Waals surface area contributed by atoms with Crippen LogP contribution in [0.2, 0.25) is 0 Å². The van der Waals surface area contributed by atoms with Crippen molar-refractivity contribution in [1.29, 1.82) is 0 Å². The second-order valence-electron chi connectivity index (χ2n) is 7.78. The maximum absolute atomic E-state index is 13.3. The summed E-state index contributed by atoms with van der Waals surface area (Å²) >= 11 is 0. The Morgan fingerprint density at radius 1 is 0.933 bits per heavy atom. The van der Waals surface area contributed by atoms with E-state index in [0.717, 1.165) is 35.5 Å². The minimum absolute atomic E-state index is 0.243. The number of anilines is 1. The van der Waals surface area contributed by atoms with Crippen LogP contribution in [0, 0.1) is 13.8 Å². The SMILES string of the molecule is Cc1ccc(C)c(NC2=C(c3ccccc3)C(=O)N(CCN3CCOCC3)C2=O)c1. The van der Waals surface area contributed by atoms with Crippen molar-refractivity contribution in [2.24, 2.45) is 0 Å². The van der Waals surface area contributed by atoms with Crippen LogP contribution in [0.1, 0.15) is 16.7 Å². The van der Waals surface area contributed by atoms with Crippen LogP contribution in [0.5, 0.6) is 0 Å². The summed E-state index contributed by atoms with van der Waals surface area (Å²) in [5.74, 6) is -0.514. The predicted molar refractivity (Wildman–Crippen MR) is 117 cm³/mol. The van der Waals surface area contributed by atoms with E-state index in [4.69, 9.17) is 4.74 Å². The zero-order chi connectivity index (χ0) is 21.1. The molecule has 0 unspecified atom stereocenters. The molecule has 4 rings (SSSR count). The predicted octanol–water partition coefficient (Wildman–Crippen LogP) is 2.83. The molecule has 0 radical (unpaired) electrons. The smallest absolute Gasteiger partial charge is 0.278 e. The van der Waals surface area contributed by atoms with Gasteiger partial charge in [0.2, 0.25) is 0 Å². The monoisotopic (exact) mass is 405 g/mol.